The summed E-state index contributed by atoms with van der Waals surface area (Å²) in [5.74, 6) is 0.747. The maximum Gasteiger partial charge on any atom is 0.265 e. The number of ether oxygens (including phenoxy) is 2. The lowest BCUT2D eigenvalue weighted by atomic mass is 10.2. The quantitative estimate of drug-likeness (QED) is 0.163. The highest BCUT2D eigenvalue weighted by molar-refractivity contribution is 9.10. The lowest BCUT2D eigenvalue weighted by molar-refractivity contribution is -0.669. The van der Waals surface area contributed by atoms with Gasteiger partial charge in [-0.3, -0.25) is 9.11 Å². The van der Waals surface area contributed by atoms with Crippen LogP contribution in [0.4, 0.5) is 5.69 Å². The molecule has 0 saturated heterocycles. The van der Waals surface area contributed by atoms with Crippen LogP contribution in [0.15, 0.2) is 44.7 Å². The molecule has 0 bridgehead atoms. The monoisotopic (exact) mass is 677 g/mol. The molecule has 39 heavy (non-hydrogen) atoms. The molecule has 2 aromatic carbocycles. The van der Waals surface area contributed by atoms with Gasteiger partial charge in [0, 0.05) is 28.4 Å². The molecular formula is C24H26BrN2O8S4+. The van der Waals surface area contributed by atoms with Crippen molar-refractivity contribution in [3.63, 3.8) is 0 Å². The second-order valence-electron chi connectivity index (χ2n) is 9.10. The third-order valence-corrected chi connectivity index (χ3v) is 10.5. The molecule has 2 aliphatic rings. The van der Waals surface area contributed by atoms with Gasteiger partial charge in [0.1, 0.15) is 4.70 Å². The van der Waals surface area contributed by atoms with E-state index in [1.54, 1.807) is 23.1 Å². The van der Waals surface area contributed by atoms with Gasteiger partial charge in [0.25, 0.3) is 25.2 Å². The van der Waals surface area contributed by atoms with Crippen molar-refractivity contribution in [2.45, 2.75) is 37.1 Å². The molecular weight excluding hydrogens is 652 g/mol. The molecule has 0 amide bonds. The summed E-state index contributed by atoms with van der Waals surface area (Å²) in [6.45, 7) is 1.26. The Hall–Kier alpha value is -1.88. The fourth-order valence-corrected chi connectivity index (χ4v) is 8.26. The van der Waals surface area contributed by atoms with Crippen LogP contribution in [-0.2, 0) is 26.8 Å². The van der Waals surface area contributed by atoms with E-state index in [2.05, 4.69) is 31.5 Å². The number of anilines is 1. The van der Waals surface area contributed by atoms with Crippen LogP contribution >= 0.6 is 39.0 Å². The fraction of sp³-hybridized carbons (Fsp3) is 0.375. The van der Waals surface area contributed by atoms with Gasteiger partial charge < -0.3 is 14.4 Å². The van der Waals surface area contributed by atoms with Crippen LogP contribution < -0.4 is 18.9 Å². The van der Waals surface area contributed by atoms with Gasteiger partial charge in [-0.2, -0.15) is 21.4 Å². The number of unbranched alkanes of at least 4 members (excludes halogenated alkanes) is 2. The average Bonchev–Trinajstić information content (AvgIpc) is 3.52. The predicted octanol–water partition coefficient (Wildman–Crippen LogP) is 4.93. The van der Waals surface area contributed by atoms with Crippen molar-refractivity contribution in [1.82, 2.24) is 0 Å². The lowest BCUT2D eigenvalue weighted by Crippen LogP contribution is -2.35. The van der Waals surface area contributed by atoms with Gasteiger partial charge in [0.05, 0.1) is 34.4 Å². The Morgan fingerprint density at radius 3 is 2.38 bits per heavy atom. The minimum Gasteiger partial charge on any atom is -0.454 e. The molecule has 0 aliphatic carbocycles. The Kier molecular flexibility index (Phi) is 8.48. The van der Waals surface area contributed by atoms with Gasteiger partial charge in [-0.1, -0.05) is 39.0 Å². The Morgan fingerprint density at radius 1 is 0.974 bits per heavy atom. The van der Waals surface area contributed by atoms with Crippen LogP contribution in [0, 0.1) is 0 Å². The average molecular weight is 679 g/mol. The number of fused-ring (bicyclic) bond motifs is 3. The van der Waals surface area contributed by atoms with Crippen LogP contribution in [0.1, 0.15) is 30.7 Å². The number of benzene rings is 2. The second-order valence-corrected chi connectivity index (χ2v) is 15.3. The zero-order valence-corrected chi connectivity index (χ0v) is 25.4. The van der Waals surface area contributed by atoms with Crippen molar-refractivity contribution < 1.29 is 40.0 Å². The van der Waals surface area contributed by atoms with Gasteiger partial charge >= 0.3 is 0 Å². The minimum absolute atomic E-state index is 0.162. The number of aromatic nitrogens is 1. The first-order chi connectivity index (χ1) is 18.5. The molecule has 0 unspecified atom stereocenters. The first kappa shape index (κ1) is 28.6. The highest BCUT2D eigenvalue weighted by atomic mass is 79.9. The summed E-state index contributed by atoms with van der Waals surface area (Å²) < 4.78 is 78.2. The van der Waals surface area contributed by atoms with Crippen molar-refractivity contribution in [2.75, 3.05) is 29.7 Å². The normalized spacial score (nSPS) is 16.0. The van der Waals surface area contributed by atoms with Crippen molar-refractivity contribution in [3.8, 4) is 11.5 Å². The molecule has 3 heterocycles. The number of thioether (sulfide) groups is 1. The van der Waals surface area contributed by atoms with Gasteiger partial charge in [-0.15, -0.1) is 0 Å². The van der Waals surface area contributed by atoms with E-state index < -0.39 is 20.2 Å². The molecule has 5 rings (SSSR count). The molecule has 210 valence electrons. The molecule has 2 aliphatic heterocycles. The topological polar surface area (TPSA) is 134 Å². The van der Waals surface area contributed by atoms with E-state index in [-0.39, 0.29) is 18.3 Å². The molecule has 10 nitrogen and oxygen atoms in total. The number of thiazole rings is 1. The summed E-state index contributed by atoms with van der Waals surface area (Å²) in [5, 5.41) is 1.91. The second kappa shape index (κ2) is 11.5. The van der Waals surface area contributed by atoms with E-state index in [1.165, 1.54) is 0 Å². The predicted molar refractivity (Wildman–Crippen MR) is 155 cm³/mol. The van der Waals surface area contributed by atoms with Crippen molar-refractivity contribution in [1.29, 1.82) is 0 Å². The van der Waals surface area contributed by atoms with Gasteiger partial charge in [0.15, 0.2) is 18.0 Å². The van der Waals surface area contributed by atoms with E-state index in [0.717, 1.165) is 35.3 Å². The first-order valence-corrected chi connectivity index (χ1v) is 17.7. The molecule has 1 aromatic heterocycles. The minimum atomic E-state index is -4.03. The summed E-state index contributed by atoms with van der Waals surface area (Å²) in [5.41, 5.74) is 1.94. The van der Waals surface area contributed by atoms with Gasteiger partial charge in [-0.25, -0.2) is 0 Å². The number of aryl methyl sites for hydroxylation is 1. The summed E-state index contributed by atoms with van der Waals surface area (Å²) in [6, 6.07) is 9.91. The Labute approximate surface area is 243 Å². The largest absolute Gasteiger partial charge is 0.454 e. The van der Waals surface area contributed by atoms with Crippen LogP contribution in [-0.4, -0.2) is 50.8 Å². The number of hydrogen-bond acceptors (Lipinski definition) is 9. The first-order valence-electron chi connectivity index (χ1n) is 12.1. The summed E-state index contributed by atoms with van der Waals surface area (Å²) in [4.78, 5) is 3.22. The van der Waals surface area contributed by atoms with Crippen LogP contribution in [0.25, 0.3) is 16.3 Å². The van der Waals surface area contributed by atoms with Gasteiger partial charge in [-0.05, 0) is 37.5 Å². The lowest BCUT2D eigenvalue weighted by Gasteiger charge is -2.20. The number of rotatable bonds is 11. The van der Waals surface area contributed by atoms with Crippen molar-refractivity contribution in [2.24, 2.45) is 0 Å². The standard InChI is InChI=1S/C24H25BrN2O8S4/c25-16-5-6-21-17(11-16)26(7-1-3-9-38(28,29)30)23(36-21)14-24-27(8-2-4-10-39(31,32)33)18-12-19-20(35-15-34-19)13-22(18)37-24/h5-6,11-14H,1-4,7-10,15H2,(H-,28,29,30,31,32,33)/p+1. The zero-order chi connectivity index (χ0) is 27.8. The fourth-order valence-electron chi connectivity index (χ4n) is 4.46. The van der Waals surface area contributed by atoms with E-state index in [9.17, 15) is 16.8 Å². The maximum atomic E-state index is 11.2. The van der Waals surface area contributed by atoms with E-state index >= 15 is 0 Å². The number of hydrogen-bond donors (Lipinski definition) is 2. The SMILES string of the molecule is O=S(=O)(O)CCCCN1C(=Cc2sc3cc4c(cc3[n+]2CCCCS(=O)(=O)O)OCO4)Sc2ccc(Br)cc21. The molecule has 0 spiro atoms. The van der Waals surface area contributed by atoms with E-state index in [4.69, 9.17) is 18.6 Å². The summed E-state index contributed by atoms with van der Waals surface area (Å²) in [7, 11) is -8.04. The Bertz CT molecular complexity index is 1650. The smallest absolute Gasteiger partial charge is 0.265 e. The molecule has 0 atom stereocenters. The highest BCUT2D eigenvalue weighted by Gasteiger charge is 2.29. The van der Waals surface area contributed by atoms with Crippen LogP contribution in [0.2, 0.25) is 0 Å². The zero-order valence-electron chi connectivity index (χ0n) is 20.6. The van der Waals surface area contributed by atoms with E-state index in [1.807, 2.05) is 30.3 Å². The van der Waals surface area contributed by atoms with E-state index in [0.29, 0.717) is 50.3 Å². The number of halogens is 1. The summed E-state index contributed by atoms with van der Waals surface area (Å²) in [6.07, 6.45) is 3.84. The highest BCUT2D eigenvalue weighted by Crippen LogP contribution is 2.48. The van der Waals surface area contributed by atoms with Crippen LogP contribution in [0.3, 0.4) is 0 Å². The third-order valence-electron chi connectivity index (χ3n) is 6.23. The maximum absolute atomic E-state index is 11.2. The molecule has 3 aromatic rings. The molecule has 15 heteroatoms. The number of nitrogens with zero attached hydrogens (tertiary/aromatic N) is 2. The third kappa shape index (κ3) is 7.07. The van der Waals surface area contributed by atoms with Crippen LogP contribution in [0.5, 0.6) is 11.5 Å². The van der Waals surface area contributed by atoms with Crippen molar-refractivity contribution in [3.05, 3.63) is 44.8 Å². The summed E-state index contributed by atoms with van der Waals surface area (Å²) >= 11 is 6.73. The Morgan fingerprint density at radius 2 is 1.67 bits per heavy atom. The molecule has 2 N–H and O–H groups in total. The molecule has 0 saturated carbocycles. The molecule has 0 radical (unpaired) electrons. The molecule has 0 fully saturated rings. The Balaban J connectivity index is 1.48. The van der Waals surface area contributed by atoms with Crippen molar-refractivity contribution >= 4 is 81.2 Å². The van der Waals surface area contributed by atoms with Gasteiger partial charge in [0.2, 0.25) is 12.3 Å².